The molecule has 4 nitrogen and oxygen atoms in total. The number of carbonyl (C=O) groups is 1. The molecule has 0 aromatic heterocycles. The van der Waals surface area contributed by atoms with Gasteiger partial charge in [-0.05, 0) is 31.1 Å². The lowest BCUT2D eigenvalue weighted by Gasteiger charge is -2.28. The smallest absolute Gasteiger partial charge is 0.371 e. The van der Waals surface area contributed by atoms with E-state index >= 15 is 0 Å². The first-order valence-corrected chi connectivity index (χ1v) is 7.74. The molecule has 0 N–H and O–H groups in total. The minimum absolute atomic E-state index is 0.193. The summed E-state index contributed by atoms with van der Waals surface area (Å²) >= 11 is -4.24. The molecular formula is C12H15F4O4S-. The lowest BCUT2D eigenvalue weighted by atomic mass is 9.89. The van der Waals surface area contributed by atoms with Gasteiger partial charge in [0.05, 0.1) is 18.9 Å². The van der Waals surface area contributed by atoms with Crippen LogP contribution in [0.1, 0.15) is 32.1 Å². The van der Waals surface area contributed by atoms with Crippen molar-refractivity contribution in [1.82, 2.24) is 0 Å². The summed E-state index contributed by atoms with van der Waals surface area (Å²) < 4.78 is 76.6. The van der Waals surface area contributed by atoms with E-state index in [0.29, 0.717) is 12.3 Å². The second kappa shape index (κ2) is 5.83. The van der Waals surface area contributed by atoms with Gasteiger partial charge >= 0.3 is 17.1 Å². The van der Waals surface area contributed by atoms with Crippen LogP contribution in [0, 0.1) is 17.8 Å². The Labute approximate surface area is 121 Å². The molecule has 2 fully saturated rings. The lowest BCUT2D eigenvalue weighted by Crippen LogP contribution is -2.44. The molecule has 0 spiro atoms. The Morgan fingerprint density at radius 2 is 1.90 bits per heavy atom. The molecule has 2 aliphatic rings. The molecule has 122 valence electrons. The quantitative estimate of drug-likeness (QED) is 0.426. The number of ether oxygens (including phenoxy) is 1. The molecule has 0 radical (unpaired) electrons. The molecule has 0 aromatic carbocycles. The van der Waals surface area contributed by atoms with E-state index in [-0.39, 0.29) is 11.8 Å². The molecule has 21 heavy (non-hydrogen) atoms. The van der Waals surface area contributed by atoms with Crippen molar-refractivity contribution in [2.75, 3.05) is 6.61 Å². The second-order valence-electron chi connectivity index (χ2n) is 5.65. The summed E-state index contributed by atoms with van der Waals surface area (Å²) in [7, 11) is 0. The topological polar surface area (TPSA) is 66.4 Å². The molecule has 2 bridgehead atoms. The van der Waals surface area contributed by atoms with Gasteiger partial charge in [0.25, 0.3) is 0 Å². The first-order chi connectivity index (χ1) is 9.65. The van der Waals surface area contributed by atoms with Gasteiger partial charge in [-0.1, -0.05) is 6.42 Å². The van der Waals surface area contributed by atoms with Crippen molar-refractivity contribution in [3.8, 4) is 0 Å². The highest BCUT2D eigenvalue weighted by Crippen LogP contribution is 2.48. The minimum atomic E-state index is -5.17. The molecule has 0 amide bonds. The van der Waals surface area contributed by atoms with Crippen LogP contribution < -0.4 is 0 Å². The molecule has 2 aliphatic carbocycles. The Morgan fingerprint density at radius 3 is 2.38 bits per heavy atom. The fourth-order valence-corrected chi connectivity index (χ4v) is 3.53. The SMILES string of the molecule is O=C(OCCC(F)(F)C(F)(F)S(=O)[O-])C1CC2CCC1C2. The summed E-state index contributed by atoms with van der Waals surface area (Å²) in [5, 5.41) is -5.17. The summed E-state index contributed by atoms with van der Waals surface area (Å²) in [6.45, 7) is -0.924. The Morgan fingerprint density at radius 1 is 1.24 bits per heavy atom. The normalized spacial score (nSPS) is 30.4. The highest BCUT2D eigenvalue weighted by atomic mass is 32.2. The van der Waals surface area contributed by atoms with Crippen LogP contribution in [0.25, 0.3) is 0 Å². The number of esters is 1. The van der Waals surface area contributed by atoms with Crippen molar-refractivity contribution in [2.45, 2.75) is 43.3 Å². The predicted octanol–water partition coefficient (Wildman–Crippen LogP) is 2.46. The van der Waals surface area contributed by atoms with E-state index in [4.69, 9.17) is 0 Å². The number of hydrogen-bond acceptors (Lipinski definition) is 4. The predicted molar refractivity (Wildman–Crippen MR) is 63.3 cm³/mol. The van der Waals surface area contributed by atoms with E-state index < -0.39 is 41.3 Å². The first kappa shape index (κ1) is 16.7. The highest BCUT2D eigenvalue weighted by molar-refractivity contribution is 7.80. The zero-order valence-corrected chi connectivity index (χ0v) is 11.8. The Balaban J connectivity index is 1.81. The number of fused-ring (bicyclic) bond motifs is 2. The maximum absolute atomic E-state index is 13.1. The molecule has 0 saturated heterocycles. The van der Waals surface area contributed by atoms with Crippen LogP contribution >= 0.6 is 0 Å². The Bertz CT molecular complexity index is 443. The van der Waals surface area contributed by atoms with E-state index in [1.54, 1.807) is 0 Å². The van der Waals surface area contributed by atoms with Gasteiger partial charge in [0.1, 0.15) is 0 Å². The van der Waals surface area contributed by atoms with Crippen molar-refractivity contribution in [3.63, 3.8) is 0 Å². The van der Waals surface area contributed by atoms with Gasteiger partial charge in [-0.25, -0.2) is 0 Å². The summed E-state index contributed by atoms with van der Waals surface area (Å²) in [4.78, 5) is 11.7. The zero-order valence-electron chi connectivity index (χ0n) is 11.0. The lowest BCUT2D eigenvalue weighted by molar-refractivity contribution is -0.174. The van der Waals surface area contributed by atoms with E-state index in [2.05, 4.69) is 4.74 Å². The number of alkyl halides is 4. The van der Waals surface area contributed by atoms with Gasteiger partial charge in [-0.15, -0.1) is 0 Å². The van der Waals surface area contributed by atoms with E-state index in [9.17, 15) is 31.1 Å². The van der Waals surface area contributed by atoms with Crippen LogP contribution in [0.3, 0.4) is 0 Å². The van der Waals surface area contributed by atoms with Crippen molar-refractivity contribution < 1.29 is 35.9 Å². The summed E-state index contributed by atoms with van der Waals surface area (Å²) in [6, 6.07) is 0. The van der Waals surface area contributed by atoms with E-state index in [0.717, 1.165) is 19.3 Å². The van der Waals surface area contributed by atoms with Crippen LogP contribution in [0.15, 0.2) is 0 Å². The van der Waals surface area contributed by atoms with E-state index in [1.165, 1.54) is 0 Å². The molecule has 0 aromatic rings. The molecule has 0 aliphatic heterocycles. The van der Waals surface area contributed by atoms with Crippen molar-refractivity contribution in [3.05, 3.63) is 0 Å². The minimum Gasteiger partial charge on any atom is -0.768 e. The van der Waals surface area contributed by atoms with Gasteiger partial charge in [-0.3, -0.25) is 9.00 Å². The third-order valence-electron chi connectivity index (χ3n) is 4.34. The third-order valence-corrected chi connectivity index (χ3v) is 5.05. The van der Waals surface area contributed by atoms with Crippen molar-refractivity contribution >= 4 is 17.0 Å². The maximum Gasteiger partial charge on any atom is 0.371 e. The van der Waals surface area contributed by atoms with Crippen molar-refractivity contribution in [1.29, 1.82) is 0 Å². The van der Waals surface area contributed by atoms with Crippen LogP contribution in [-0.2, 0) is 20.6 Å². The van der Waals surface area contributed by atoms with Gasteiger partial charge in [-0.2, -0.15) is 17.6 Å². The molecular weight excluding hydrogens is 316 g/mol. The van der Waals surface area contributed by atoms with Gasteiger partial charge in [0, 0.05) is 11.1 Å². The fourth-order valence-electron chi connectivity index (χ4n) is 3.19. The van der Waals surface area contributed by atoms with Crippen LogP contribution in [0.5, 0.6) is 0 Å². The van der Waals surface area contributed by atoms with Gasteiger partial charge < -0.3 is 9.29 Å². The monoisotopic (exact) mass is 331 g/mol. The maximum atomic E-state index is 13.1. The first-order valence-electron chi connectivity index (χ1n) is 6.67. The standard InChI is InChI=1S/C12H16F4O4S/c13-11(14,12(15,16)21(18)19)3-4-20-10(17)9-6-7-1-2-8(9)5-7/h7-9H,1-6H2,(H,18,19)/p-1. The zero-order chi connectivity index (χ0) is 15.8. The van der Waals surface area contributed by atoms with Gasteiger partial charge in [0.2, 0.25) is 0 Å². The molecule has 4 atom stereocenters. The Kier molecular flexibility index (Phi) is 4.63. The van der Waals surface area contributed by atoms with E-state index in [1.807, 2.05) is 0 Å². The third kappa shape index (κ3) is 3.23. The molecule has 0 heterocycles. The second-order valence-corrected chi connectivity index (χ2v) is 6.64. The number of halogens is 4. The molecule has 2 rings (SSSR count). The van der Waals surface area contributed by atoms with Crippen molar-refractivity contribution in [2.24, 2.45) is 17.8 Å². The fraction of sp³-hybridized carbons (Fsp3) is 0.917. The summed E-state index contributed by atoms with van der Waals surface area (Å²) in [5.74, 6) is -5.11. The number of rotatable bonds is 6. The number of carbonyl (C=O) groups excluding carboxylic acids is 1. The molecule has 9 heteroatoms. The highest BCUT2D eigenvalue weighted by Gasteiger charge is 2.57. The van der Waals surface area contributed by atoms with Gasteiger partial charge in [0.15, 0.2) is 0 Å². The van der Waals surface area contributed by atoms with Crippen LogP contribution in [0.2, 0.25) is 0 Å². The summed E-state index contributed by atoms with van der Waals surface area (Å²) in [6.07, 6.45) is 1.99. The number of hydrogen-bond donors (Lipinski definition) is 0. The molecule has 2 saturated carbocycles. The molecule has 4 unspecified atom stereocenters. The van der Waals surface area contributed by atoms with Crippen LogP contribution in [0.4, 0.5) is 17.6 Å². The largest absolute Gasteiger partial charge is 0.768 e. The average Bonchev–Trinajstić information content (AvgIpc) is 3.00. The Hall–Kier alpha value is -0.700. The summed E-state index contributed by atoms with van der Waals surface area (Å²) in [5.41, 5.74) is 0. The average molecular weight is 331 g/mol. The van der Waals surface area contributed by atoms with Crippen LogP contribution in [-0.4, -0.2) is 32.5 Å².